The van der Waals surface area contributed by atoms with Crippen LogP contribution in [0.3, 0.4) is 0 Å². The summed E-state index contributed by atoms with van der Waals surface area (Å²) in [5, 5.41) is 22.4. The zero-order valence-electron chi connectivity index (χ0n) is 7.98. The summed E-state index contributed by atoms with van der Waals surface area (Å²) in [4.78, 5) is 2.19. The molecule has 0 saturated carbocycles. The smallest absolute Gasteiger partial charge is 0.0831 e. The van der Waals surface area contributed by atoms with E-state index in [-0.39, 0.29) is 18.2 Å². The maximum absolute atomic E-state index is 9.64. The third kappa shape index (κ3) is 1.72. The first-order valence-electron chi connectivity index (χ1n) is 4.99. The molecule has 0 radical (unpaired) electrons. The van der Waals surface area contributed by atoms with Crippen molar-refractivity contribution in [3.63, 3.8) is 0 Å². The molecule has 0 aromatic rings. The summed E-state index contributed by atoms with van der Waals surface area (Å²) in [5.74, 6) is 0.341. The van der Waals surface area contributed by atoms with Crippen molar-refractivity contribution < 1.29 is 10.2 Å². The summed E-state index contributed by atoms with van der Waals surface area (Å²) in [6.45, 7) is 5.21. The minimum Gasteiger partial charge on any atom is -0.391 e. The molecular weight excluding hydrogens is 168 g/mol. The van der Waals surface area contributed by atoms with E-state index in [4.69, 9.17) is 0 Å². The van der Waals surface area contributed by atoms with Crippen LogP contribution in [0.4, 0.5) is 0 Å². The summed E-state index contributed by atoms with van der Waals surface area (Å²) in [5.41, 5.74) is 0. The molecule has 2 saturated heterocycles. The van der Waals surface area contributed by atoms with Crippen LogP contribution in [-0.2, 0) is 0 Å². The Hall–Kier alpha value is -0.160. The van der Waals surface area contributed by atoms with E-state index in [0.717, 1.165) is 13.1 Å². The van der Waals surface area contributed by atoms with Crippen molar-refractivity contribution in [2.75, 3.05) is 26.2 Å². The Bertz CT molecular complexity index is 178. The van der Waals surface area contributed by atoms with Gasteiger partial charge in [0.05, 0.1) is 12.2 Å². The van der Waals surface area contributed by atoms with E-state index in [1.54, 1.807) is 0 Å². The van der Waals surface area contributed by atoms with Crippen molar-refractivity contribution in [3.8, 4) is 0 Å². The van der Waals surface area contributed by atoms with Gasteiger partial charge in [-0.05, 0) is 5.92 Å². The second-order valence-corrected chi connectivity index (χ2v) is 4.29. The quantitative estimate of drug-likeness (QED) is 0.473. The van der Waals surface area contributed by atoms with Crippen molar-refractivity contribution in [1.82, 2.24) is 10.2 Å². The fourth-order valence-corrected chi connectivity index (χ4v) is 2.28. The van der Waals surface area contributed by atoms with Crippen LogP contribution < -0.4 is 5.32 Å². The summed E-state index contributed by atoms with van der Waals surface area (Å²) in [6.07, 6.45) is -0.481. The van der Waals surface area contributed by atoms with Crippen LogP contribution in [0.5, 0.6) is 0 Å². The van der Waals surface area contributed by atoms with E-state index in [0.29, 0.717) is 19.0 Å². The zero-order valence-corrected chi connectivity index (χ0v) is 7.98. The van der Waals surface area contributed by atoms with Gasteiger partial charge in [-0.25, -0.2) is 0 Å². The number of nitrogens with zero attached hydrogens (tertiary/aromatic N) is 1. The summed E-state index contributed by atoms with van der Waals surface area (Å²) < 4.78 is 0. The molecule has 2 fully saturated rings. The van der Waals surface area contributed by atoms with Crippen molar-refractivity contribution in [1.29, 1.82) is 0 Å². The Morgan fingerprint density at radius 2 is 1.92 bits per heavy atom. The highest BCUT2D eigenvalue weighted by atomic mass is 16.3. The van der Waals surface area contributed by atoms with Crippen LogP contribution in [0.2, 0.25) is 0 Å². The van der Waals surface area contributed by atoms with Gasteiger partial charge >= 0.3 is 0 Å². The van der Waals surface area contributed by atoms with Gasteiger partial charge in [0.15, 0.2) is 0 Å². The maximum atomic E-state index is 9.64. The van der Waals surface area contributed by atoms with Crippen LogP contribution >= 0.6 is 0 Å². The fraction of sp³-hybridized carbons (Fsp3) is 1.00. The average molecular weight is 186 g/mol. The van der Waals surface area contributed by atoms with Crippen LogP contribution in [0, 0.1) is 5.92 Å². The number of β-amino-alcohol motifs (C(OH)–C–C–N with tert-alkyl or cyclic N) is 2. The van der Waals surface area contributed by atoms with Gasteiger partial charge in [0.25, 0.3) is 0 Å². The molecule has 2 aliphatic rings. The van der Waals surface area contributed by atoms with E-state index in [1.807, 2.05) is 0 Å². The van der Waals surface area contributed by atoms with Crippen molar-refractivity contribution in [2.45, 2.75) is 25.2 Å². The summed E-state index contributed by atoms with van der Waals surface area (Å²) in [6, 6.07) is 0.208. The van der Waals surface area contributed by atoms with Gasteiger partial charge in [0.2, 0.25) is 0 Å². The Morgan fingerprint density at radius 3 is 2.38 bits per heavy atom. The first-order chi connectivity index (χ1) is 6.18. The molecule has 4 atom stereocenters. The number of rotatable bonds is 1. The van der Waals surface area contributed by atoms with Gasteiger partial charge in [0, 0.05) is 32.2 Å². The second-order valence-electron chi connectivity index (χ2n) is 4.29. The van der Waals surface area contributed by atoms with Gasteiger partial charge in [-0.15, -0.1) is 0 Å². The molecule has 2 aliphatic heterocycles. The maximum Gasteiger partial charge on any atom is 0.0831 e. The molecule has 2 unspecified atom stereocenters. The minimum absolute atomic E-state index is 0.208. The Kier molecular flexibility index (Phi) is 2.55. The highest BCUT2D eigenvalue weighted by Crippen LogP contribution is 2.21. The highest BCUT2D eigenvalue weighted by Gasteiger charge is 2.37. The molecule has 0 aromatic carbocycles. The molecule has 4 heteroatoms. The normalized spacial score (nSPS) is 47.3. The first kappa shape index (κ1) is 9.40. The van der Waals surface area contributed by atoms with E-state index < -0.39 is 0 Å². The van der Waals surface area contributed by atoms with Gasteiger partial charge in [0.1, 0.15) is 0 Å². The van der Waals surface area contributed by atoms with Crippen LogP contribution in [0.1, 0.15) is 6.92 Å². The van der Waals surface area contributed by atoms with E-state index in [9.17, 15) is 10.2 Å². The van der Waals surface area contributed by atoms with Crippen molar-refractivity contribution in [2.24, 2.45) is 5.92 Å². The van der Waals surface area contributed by atoms with Gasteiger partial charge in [-0.2, -0.15) is 0 Å². The lowest BCUT2D eigenvalue weighted by Gasteiger charge is -2.25. The molecule has 0 bridgehead atoms. The Labute approximate surface area is 78.5 Å². The monoisotopic (exact) mass is 186 g/mol. The molecule has 3 N–H and O–H groups in total. The highest BCUT2D eigenvalue weighted by molar-refractivity contribution is 4.93. The standard InChI is InChI=1S/C9H18N2O2/c1-6-4-11(5-9(6)13)7-2-10-3-8(7)12/h6-10,12-13H,2-5H2,1H3/t6?,7-,8-,9?/m1/s1. The second kappa shape index (κ2) is 3.53. The molecule has 76 valence electrons. The first-order valence-corrected chi connectivity index (χ1v) is 4.99. The predicted molar refractivity (Wildman–Crippen MR) is 49.4 cm³/mol. The Morgan fingerprint density at radius 1 is 1.15 bits per heavy atom. The lowest BCUT2D eigenvalue weighted by molar-refractivity contribution is 0.0864. The molecule has 0 spiro atoms. The van der Waals surface area contributed by atoms with Crippen molar-refractivity contribution >= 4 is 0 Å². The third-order valence-corrected chi connectivity index (χ3v) is 3.22. The van der Waals surface area contributed by atoms with Crippen molar-refractivity contribution in [3.05, 3.63) is 0 Å². The van der Waals surface area contributed by atoms with Crippen LogP contribution in [-0.4, -0.2) is 59.5 Å². The molecule has 13 heavy (non-hydrogen) atoms. The van der Waals surface area contributed by atoms with E-state index in [2.05, 4.69) is 17.1 Å². The summed E-state index contributed by atoms with van der Waals surface area (Å²) in [7, 11) is 0. The van der Waals surface area contributed by atoms with E-state index >= 15 is 0 Å². The number of hydrogen-bond donors (Lipinski definition) is 3. The Balaban J connectivity index is 1.95. The predicted octanol–water partition coefficient (Wildman–Crippen LogP) is -1.37. The topological polar surface area (TPSA) is 55.7 Å². The molecule has 0 aliphatic carbocycles. The number of aliphatic hydroxyl groups is 2. The minimum atomic E-state index is -0.266. The number of nitrogens with one attached hydrogen (secondary N) is 1. The van der Waals surface area contributed by atoms with E-state index in [1.165, 1.54) is 0 Å². The molecule has 2 heterocycles. The average Bonchev–Trinajstić information content (AvgIpc) is 2.60. The third-order valence-electron chi connectivity index (χ3n) is 3.22. The van der Waals surface area contributed by atoms with Gasteiger partial charge in [-0.3, -0.25) is 4.90 Å². The molecule has 4 nitrogen and oxygen atoms in total. The number of likely N-dealkylation sites (tertiary alicyclic amines) is 1. The molecular formula is C9H18N2O2. The van der Waals surface area contributed by atoms with Crippen LogP contribution in [0.25, 0.3) is 0 Å². The van der Waals surface area contributed by atoms with Gasteiger partial charge in [-0.1, -0.05) is 6.92 Å². The number of hydrogen-bond acceptors (Lipinski definition) is 4. The number of aliphatic hydroxyl groups excluding tert-OH is 2. The zero-order chi connectivity index (χ0) is 9.42. The molecule has 0 aromatic heterocycles. The fourth-order valence-electron chi connectivity index (χ4n) is 2.28. The molecule has 0 amide bonds. The lowest BCUT2D eigenvalue weighted by atomic mass is 10.1. The van der Waals surface area contributed by atoms with Gasteiger partial charge < -0.3 is 15.5 Å². The van der Waals surface area contributed by atoms with Crippen LogP contribution in [0.15, 0.2) is 0 Å². The summed E-state index contributed by atoms with van der Waals surface area (Å²) >= 11 is 0. The largest absolute Gasteiger partial charge is 0.391 e. The SMILES string of the molecule is CC1CN([C@@H]2CNC[C@H]2O)CC1O. The lowest BCUT2D eigenvalue weighted by Crippen LogP contribution is -2.42. The molecule has 2 rings (SSSR count).